The third-order valence-electron chi connectivity index (χ3n) is 4.87. The van der Waals surface area contributed by atoms with Crippen molar-refractivity contribution in [3.63, 3.8) is 0 Å². The summed E-state index contributed by atoms with van der Waals surface area (Å²) < 4.78 is 1.13. The van der Waals surface area contributed by atoms with Crippen molar-refractivity contribution in [2.75, 3.05) is 13.6 Å². The summed E-state index contributed by atoms with van der Waals surface area (Å²) >= 11 is 3.47. The van der Waals surface area contributed by atoms with Gasteiger partial charge in [0.1, 0.15) is 0 Å². The molecule has 0 spiro atoms. The van der Waals surface area contributed by atoms with Gasteiger partial charge in [-0.1, -0.05) is 35.0 Å². The van der Waals surface area contributed by atoms with Gasteiger partial charge in [-0.15, -0.1) is 0 Å². The third kappa shape index (κ3) is 2.49. The van der Waals surface area contributed by atoms with Crippen LogP contribution in [0, 0.1) is 5.41 Å². The minimum atomic E-state index is 0.0973. The molecule has 0 saturated heterocycles. The standard InChI is InChI=1S/C15H23BrN2/c1-14(8-9-14)15(2,11-17)18(3)10-12-4-6-13(16)7-5-12/h4-7H,8-11,17H2,1-3H3. The second kappa shape index (κ2) is 4.95. The molecule has 0 amide bonds. The third-order valence-corrected chi connectivity index (χ3v) is 5.40. The van der Waals surface area contributed by atoms with Gasteiger partial charge in [-0.25, -0.2) is 0 Å². The second-order valence-corrected chi connectivity index (χ2v) is 6.94. The topological polar surface area (TPSA) is 29.3 Å². The van der Waals surface area contributed by atoms with Crippen molar-refractivity contribution in [1.82, 2.24) is 4.90 Å². The van der Waals surface area contributed by atoms with E-state index in [2.05, 4.69) is 66.0 Å². The van der Waals surface area contributed by atoms with Gasteiger partial charge < -0.3 is 5.73 Å². The zero-order valence-corrected chi connectivity index (χ0v) is 13.1. The first-order chi connectivity index (χ1) is 8.41. The van der Waals surface area contributed by atoms with Crippen LogP contribution < -0.4 is 5.73 Å². The van der Waals surface area contributed by atoms with Crippen LogP contribution in [-0.4, -0.2) is 24.0 Å². The van der Waals surface area contributed by atoms with Crippen LogP contribution in [0.2, 0.25) is 0 Å². The van der Waals surface area contributed by atoms with Gasteiger partial charge in [-0.05, 0) is 49.9 Å². The van der Waals surface area contributed by atoms with Gasteiger partial charge in [0.05, 0.1) is 0 Å². The molecule has 0 aromatic heterocycles. The summed E-state index contributed by atoms with van der Waals surface area (Å²) in [7, 11) is 2.19. The first-order valence-electron chi connectivity index (χ1n) is 6.57. The van der Waals surface area contributed by atoms with Crippen molar-refractivity contribution < 1.29 is 0 Å². The highest BCUT2D eigenvalue weighted by molar-refractivity contribution is 9.10. The van der Waals surface area contributed by atoms with E-state index in [1.807, 2.05) is 0 Å². The highest BCUT2D eigenvalue weighted by Gasteiger charge is 2.54. The minimum absolute atomic E-state index is 0.0973. The summed E-state index contributed by atoms with van der Waals surface area (Å²) in [5.74, 6) is 0. The zero-order chi connectivity index (χ0) is 13.4. The van der Waals surface area contributed by atoms with Crippen LogP contribution >= 0.6 is 15.9 Å². The molecule has 1 unspecified atom stereocenters. The number of hydrogen-bond donors (Lipinski definition) is 1. The van der Waals surface area contributed by atoms with E-state index in [0.717, 1.165) is 17.6 Å². The average molecular weight is 311 g/mol. The SMILES string of the molecule is CN(Cc1ccc(Br)cc1)C(C)(CN)C1(C)CC1. The highest BCUT2D eigenvalue weighted by Crippen LogP contribution is 2.55. The first kappa shape index (κ1) is 14.0. The molecule has 0 radical (unpaired) electrons. The fraction of sp³-hybridized carbons (Fsp3) is 0.600. The summed E-state index contributed by atoms with van der Waals surface area (Å²) in [5.41, 5.74) is 7.89. The van der Waals surface area contributed by atoms with E-state index in [-0.39, 0.29) is 5.54 Å². The monoisotopic (exact) mass is 310 g/mol. The predicted molar refractivity (Wildman–Crippen MR) is 80.4 cm³/mol. The summed E-state index contributed by atoms with van der Waals surface area (Å²) in [6.45, 7) is 6.34. The molecule has 1 aliphatic carbocycles. The molecule has 2 N–H and O–H groups in total. The van der Waals surface area contributed by atoms with Gasteiger partial charge in [-0.3, -0.25) is 4.90 Å². The molecule has 2 nitrogen and oxygen atoms in total. The maximum Gasteiger partial charge on any atom is 0.0357 e. The highest BCUT2D eigenvalue weighted by atomic mass is 79.9. The fourth-order valence-corrected chi connectivity index (χ4v) is 2.89. The van der Waals surface area contributed by atoms with Gasteiger partial charge >= 0.3 is 0 Å². The number of nitrogens with two attached hydrogens (primary N) is 1. The lowest BCUT2D eigenvalue weighted by Crippen LogP contribution is -2.55. The Morgan fingerprint density at radius 1 is 1.33 bits per heavy atom. The van der Waals surface area contributed by atoms with Gasteiger partial charge in [0, 0.05) is 23.1 Å². The molecule has 2 rings (SSSR count). The lowest BCUT2D eigenvalue weighted by Gasteiger charge is -2.43. The van der Waals surface area contributed by atoms with Crippen molar-refractivity contribution in [2.45, 2.75) is 38.8 Å². The van der Waals surface area contributed by atoms with E-state index < -0.39 is 0 Å². The van der Waals surface area contributed by atoms with E-state index in [4.69, 9.17) is 5.73 Å². The van der Waals surface area contributed by atoms with Gasteiger partial charge in [0.2, 0.25) is 0 Å². The Bertz CT molecular complexity index is 411. The molecule has 3 heteroatoms. The molecule has 1 atom stereocenters. The van der Waals surface area contributed by atoms with Crippen LogP contribution in [0.5, 0.6) is 0 Å². The van der Waals surface area contributed by atoms with E-state index in [1.54, 1.807) is 0 Å². The Morgan fingerprint density at radius 2 is 1.89 bits per heavy atom. The average Bonchev–Trinajstić information content (AvgIpc) is 3.10. The second-order valence-electron chi connectivity index (χ2n) is 6.02. The van der Waals surface area contributed by atoms with Gasteiger partial charge in [-0.2, -0.15) is 0 Å². The van der Waals surface area contributed by atoms with Gasteiger partial charge in [0.25, 0.3) is 0 Å². The maximum absolute atomic E-state index is 6.06. The Morgan fingerprint density at radius 3 is 2.33 bits per heavy atom. The van der Waals surface area contributed by atoms with Crippen molar-refractivity contribution in [2.24, 2.45) is 11.1 Å². The molecule has 100 valence electrons. The van der Waals surface area contributed by atoms with Crippen molar-refractivity contribution >= 4 is 15.9 Å². The van der Waals surface area contributed by atoms with Crippen LogP contribution in [-0.2, 0) is 6.54 Å². The predicted octanol–water partition coefficient (Wildman–Crippen LogP) is 3.40. The summed E-state index contributed by atoms with van der Waals surface area (Å²) in [5, 5.41) is 0. The summed E-state index contributed by atoms with van der Waals surface area (Å²) in [6, 6.07) is 8.54. The van der Waals surface area contributed by atoms with Gasteiger partial charge in [0.15, 0.2) is 0 Å². The van der Waals surface area contributed by atoms with Crippen LogP contribution in [0.3, 0.4) is 0 Å². The lowest BCUT2D eigenvalue weighted by atomic mass is 9.82. The Balaban J connectivity index is 2.11. The fourth-order valence-electron chi connectivity index (χ4n) is 2.63. The molecule has 1 saturated carbocycles. The molecule has 1 aromatic carbocycles. The number of likely N-dealkylation sites (N-methyl/N-ethyl adjacent to an activating group) is 1. The van der Waals surface area contributed by atoms with Crippen LogP contribution in [0.25, 0.3) is 0 Å². The molecule has 18 heavy (non-hydrogen) atoms. The molecule has 1 fully saturated rings. The Hall–Kier alpha value is -0.380. The summed E-state index contributed by atoms with van der Waals surface area (Å²) in [4.78, 5) is 2.42. The largest absolute Gasteiger partial charge is 0.329 e. The molecule has 1 aliphatic rings. The molecular weight excluding hydrogens is 288 g/mol. The van der Waals surface area contributed by atoms with E-state index in [9.17, 15) is 0 Å². The maximum atomic E-state index is 6.06. The Labute approximate surface area is 119 Å². The molecule has 0 aliphatic heterocycles. The quantitative estimate of drug-likeness (QED) is 0.903. The smallest absolute Gasteiger partial charge is 0.0357 e. The van der Waals surface area contributed by atoms with E-state index in [1.165, 1.54) is 18.4 Å². The molecular formula is C15H23BrN2. The van der Waals surface area contributed by atoms with E-state index in [0.29, 0.717) is 5.41 Å². The zero-order valence-electron chi connectivity index (χ0n) is 11.5. The van der Waals surface area contributed by atoms with Crippen molar-refractivity contribution in [3.05, 3.63) is 34.3 Å². The number of hydrogen-bond acceptors (Lipinski definition) is 2. The van der Waals surface area contributed by atoms with Crippen LogP contribution in [0.15, 0.2) is 28.7 Å². The van der Waals surface area contributed by atoms with E-state index >= 15 is 0 Å². The van der Waals surface area contributed by atoms with Crippen LogP contribution in [0.1, 0.15) is 32.3 Å². The Kier molecular flexibility index (Phi) is 3.86. The number of rotatable bonds is 5. The normalized spacial score (nSPS) is 20.8. The number of nitrogens with zero attached hydrogens (tertiary/aromatic N) is 1. The number of benzene rings is 1. The van der Waals surface area contributed by atoms with Crippen LogP contribution in [0.4, 0.5) is 0 Å². The van der Waals surface area contributed by atoms with Crippen molar-refractivity contribution in [1.29, 1.82) is 0 Å². The van der Waals surface area contributed by atoms with Crippen molar-refractivity contribution in [3.8, 4) is 0 Å². The summed E-state index contributed by atoms with van der Waals surface area (Å²) in [6.07, 6.45) is 2.59. The molecule has 1 aromatic rings. The molecule has 0 bridgehead atoms. The minimum Gasteiger partial charge on any atom is -0.329 e. The molecule has 0 heterocycles. The number of halogens is 1. The lowest BCUT2D eigenvalue weighted by molar-refractivity contribution is 0.0659. The first-order valence-corrected chi connectivity index (χ1v) is 7.36.